The Labute approximate surface area is 109 Å². The Hall–Kier alpha value is -1.78. The van der Waals surface area contributed by atoms with Crippen LogP contribution in [0.5, 0.6) is 0 Å². The zero-order valence-corrected chi connectivity index (χ0v) is 10.7. The van der Waals surface area contributed by atoms with E-state index in [-0.39, 0.29) is 0 Å². The molecule has 3 rings (SSSR count). The third-order valence-corrected chi connectivity index (χ3v) is 3.68. The number of nitrogens with zero attached hydrogens (tertiary/aromatic N) is 2. The van der Waals surface area contributed by atoms with Crippen LogP contribution in [0.1, 0.15) is 5.69 Å². The minimum Gasteiger partial charge on any atom is -0.330 e. The van der Waals surface area contributed by atoms with E-state index in [0.717, 1.165) is 33.7 Å². The summed E-state index contributed by atoms with van der Waals surface area (Å²) >= 11 is 1.62. The summed E-state index contributed by atoms with van der Waals surface area (Å²) in [6, 6.07) is 12.2. The normalized spacial score (nSPS) is 10.9. The van der Waals surface area contributed by atoms with Crippen molar-refractivity contribution >= 4 is 22.2 Å². The predicted molar refractivity (Wildman–Crippen MR) is 75.6 cm³/mol. The van der Waals surface area contributed by atoms with Crippen LogP contribution in [0, 0.1) is 0 Å². The molecule has 0 spiro atoms. The summed E-state index contributed by atoms with van der Waals surface area (Å²) in [6.45, 7) is 0.633. The molecule has 2 aromatic heterocycles. The first kappa shape index (κ1) is 11.3. The SMILES string of the molecule is NCCc1csc(-c2ccc3ccccc3n2)n1. The number of thiazole rings is 1. The van der Waals surface area contributed by atoms with Gasteiger partial charge in [0.2, 0.25) is 0 Å². The molecule has 2 heterocycles. The molecule has 0 aliphatic carbocycles. The van der Waals surface area contributed by atoms with E-state index in [1.807, 2.05) is 24.3 Å². The van der Waals surface area contributed by atoms with Crippen molar-refractivity contribution < 1.29 is 0 Å². The van der Waals surface area contributed by atoms with Crippen LogP contribution in [0.15, 0.2) is 41.8 Å². The van der Waals surface area contributed by atoms with E-state index in [0.29, 0.717) is 6.54 Å². The van der Waals surface area contributed by atoms with Gasteiger partial charge in [-0.3, -0.25) is 0 Å². The highest BCUT2D eigenvalue weighted by atomic mass is 32.1. The smallest absolute Gasteiger partial charge is 0.142 e. The van der Waals surface area contributed by atoms with Crippen molar-refractivity contribution in [2.24, 2.45) is 5.73 Å². The second kappa shape index (κ2) is 4.84. The number of hydrogen-bond acceptors (Lipinski definition) is 4. The first-order chi connectivity index (χ1) is 8.86. The fourth-order valence-electron chi connectivity index (χ4n) is 1.87. The zero-order chi connectivity index (χ0) is 12.4. The molecule has 0 aliphatic heterocycles. The second-order valence-electron chi connectivity index (χ2n) is 4.07. The fraction of sp³-hybridized carbons (Fsp3) is 0.143. The van der Waals surface area contributed by atoms with Crippen molar-refractivity contribution in [1.82, 2.24) is 9.97 Å². The Morgan fingerprint density at radius 1 is 1.06 bits per heavy atom. The molecule has 0 bridgehead atoms. The average molecular weight is 255 g/mol. The van der Waals surface area contributed by atoms with Gasteiger partial charge in [0.25, 0.3) is 0 Å². The van der Waals surface area contributed by atoms with Gasteiger partial charge in [0.15, 0.2) is 0 Å². The van der Waals surface area contributed by atoms with Crippen molar-refractivity contribution in [2.45, 2.75) is 6.42 Å². The van der Waals surface area contributed by atoms with Gasteiger partial charge in [-0.1, -0.05) is 24.3 Å². The number of aromatic nitrogens is 2. The fourth-order valence-corrected chi connectivity index (χ4v) is 2.70. The minimum absolute atomic E-state index is 0.633. The van der Waals surface area contributed by atoms with Gasteiger partial charge in [0, 0.05) is 17.2 Å². The zero-order valence-electron chi connectivity index (χ0n) is 9.84. The number of benzene rings is 1. The maximum Gasteiger partial charge on any atom is 0.142 e. The van der Waals surface area contributed by atoms with Crippen molar-refractivity contribution in [1.29, 1.82) is 0 Å². The van der Waals surface area contributed by atoms with Gasteiger partial charge >= 0.3 is 0 Å². The van der Waals surface area contributed by atoms with Gasteiger partial charge in [0.05, 0.1) is 16.9 Å². The van der Waals surface area contributed by atoms with Gasteiger partial charge in [-0.25, -0.2) is 9.97 Å². The Kier molecular flexibility index (Phi) is 3.04. The molecule has 0 fully saturated rings. The van der Waals surface area contributed by atoms with Gasteiger partial charge in [-0.05, 0) is 18.7 Å². The second-order valence-corrected chi connectivity index (χ2v) is 4.93. The summed E-state index contributed by atoms with van der Waals surface area (Å²) in [5.41, 5.74) is 8.52. The monoisotopic (exact) mass is 255 g/mol. The van der Waals surface area contributed by atoms with Crippen molar-refractivity contribution in [3.63, 3.8) is 0 Å². The minimum atomic E-state index is 0.633. The number of rotatable bonds is 3. The Bertz CT molecular complexity index is 675. The maximum atomic E-state index is 5.53. The molecule has 4 heteroatoms. The molecular weight excluding hydrogens is 242 g/mol. The van der Waals surface area contributed by atoms with Gasteiger partial charge < -0.3 is 5.73 Å². The summed E-state index contributed by atoms with van der Waals surface area (Å²) in [5, 5.41) is 4.17. The molecule has 0 atom stereocenters. The summed E-state index contributed by atoms with van der Waals surface area (Å²) in [4.78, 5) is 9.19. The molecule has 0 radical (unpaired) electrons. The van der Waals surface area contributed by atoms with Crippen LogP contribution in [0.25, 0.3) is 21.6 Å². The lowest BCUT2D eigenvalue weighted by Gasteiger charge is -1.99. The van der Waals surface area contributed by atoms with Crippen molar-refractivity contribution in [2.75, 3.05) is 6.54 Å². The first-order valence-electron chi connectivity index (χ1n) is 5.87. The summed E-state index contributed by atoms with van der Waals surface area (Å²) in [6.07, 6.45) is 0.823. The number of para-hydroxylation sites is 1. The van der Waals surface area contributed by atoms with E-state index in [9.17, 15) is 0 Å². The van der Waals surface area contributed by atoms with E-state index in [1.54, 1.807) is 11.3 Å². The van der Waals surface area contributed by atoms with Crippen LogP contribution in [0.3, 0.4) is 0 Å². The molecule has 0 saturated heterocycles. The van der Waals surface area contributed by atoms with E-state index in [4.69, 9.17) is 5.73 Å². The van der Waals surface area contributed by atoms with Gasteiger partial charge in [-0.15, -0.1) is 11.3 Å². The number of pyridine rings is 1. The molecule has 1 aromatic carbocycles. The largest absolute Gasteiger partial charge is 0.330 e. The summed E-state index contributed by atoms with van der Waals surface area (Å²) in [7, 11) is 0. The third-order valence-electron chi connectivity index (χ3n) is 2.77. The molecule has 2 N–H and O–H groups in total. The highest BCUT2D eigenvalue weighted by Gasteiger charge is 2.06. The van der Waals surface area contributed by atoms with Crippen molar-refractivity contribution in [3.8, 4) is 10.7 Å². The molecule has 0 saturated carbocycles. The van der Waals surface area contributed by atoms with Gasteiger partial charge in [0.1, 0.15) is 5.01 Å². The molecule has 0 aliphatic rings. The van der Waals surface area contributed by atoms with Gasteiger partial charge in [-0.2, -0.15) is 0 Å². The van der Waals surface area contributed by atoms with E-state index < -0.39 is 0 Å². The van der Waals surface area contributed by atoms with E-state index in [1.165, 1.54) is 0 Å². The lowest BCUT2D eigenvalue weighted by atomic mass is 10.2. The van der Waals surface area contributed by atoms with E-state index in [2.05, 4.69) is 27.5 Å². The Morgan fingerprint density at radius 3 is 2.83 bits per heavy atom. The lowest BCUT2D eigenvalue weighted by Crippen LogP contribution is -2.02. The first-order valence-corrected chi connectivity index (χ1v) is 6.75. The quantitative estimate of drug-likeness (QED) is 0.783. The molecular formula is C14H13N3S. The molecule has 90 valence electrons. The molecule has 0 unspecified atom stereocenters. The van der Waals surface area contributed by atoms with Crippen LogP contribution in [-0.2, 0) is 6.42 Å². The number of hydrogen-bond donors (Lipinski definition) is 1. The van der Waals surface area contributed by atoms with Crippen LogP contribution in [0.2, 0.25) is 0 Å². The number of fused-ring (bicyclic) bond motifs is 1. The molecule has 0 amide bonds. The Balaban J connectivity index is 2.02. The van der Waals surface area contributed by atoms with Crippen LogP contribution >= 0.6 is 11.3 Å². The standard InChI is InChI=1S/C14H13N3S/c15-8-7-11-9-18-14(16-11)13-6-5-10-3-1-2-4-12(10)17-13/h1-6,9H,7-8,15H2. The molecule has 3 aromatic rings. The maximum absolute atomic E-state index is 5.53. The summed E-state index contributed by atoms with van der Waals surface area (Å²) < 4.78 is 0. The van der Waals surface area contributed by atoms with Crippen LogP contribution in [-0.4, -0.2) is 16.5 Å². The predicted octanol–water partition coefficient (Wildman–Crippen LogP) is 2.86. The van der Waals surface area contributed by atoms with Crippen LogP contribution < -0.4 is 5.73 Å². The van der Waals surface area contributed by atoms with Crippen molar-refractivity contribution in [3.05, 3.63) is 47.5 Å². The molecule has 18 heavy (non-hydrogen) atoms. The number of nitrogens with two attached hydrogens (primary N) is 1. The topological polar surface area (TPSA) is 51.8 Å². The highest BCUT2D eigenvalue weighted by molar-refractivity contribution is 7.13. The summed E-state index contributed by atoms with van der Waals surface area (Å²) in [5.74, 6) is 0. The highest BCUT2D eigenvalue weighted by Crippen LogP contribution is 2.24. The average Bonchev–Trinajstić information content (AvgIpc) is 2.87. The lowest BCUT2D eigenvalue weighted by molar-refractivity contribution is 0.936. The van der Waals surface area contributed by atoms with Crippen LogP contribution in [0.4, 0.5) is 0 Å². The van der Waals surface area contributed by atoms with E-state index >= 15 is 0 Å². The third kappa shape index (κ3) is 2.12. The molecule has 3 nitrogen and oxygen atoms in total. The Morgan fingerprint density at radius 2 is 1.94 bits per heavy atom.